The number of carbonyl (C=O) groups excluding carboxylic acids is 1. The SMILES string of the molecule is CCc1ccc(NC(=O)c2ccc(N3CCc4ccccc4C3)cn2)cc1. The molecule has 2 aromatic carbocycles. The first-order chi connectivity index (χ1) is 13.2. The predicted molar refractivity (Wildman–Crippen MR) is 109 cm³/mol. The van der Waals surface area contributed by atoms with Crippen LogP contribution in [0.4, 0.5) is 11.4 Å². The van der Waals surface area contributed by atoms with Crippen LogP contribution in [-0.2, 0) is 19.4 Å². The number of benzene rings is 2. The highest BCUT2D eigenvalue weighted by Gasteiger charge is 2.17. The topological polar surface area (TPSA) is 45.2 Å². The number of hydrogen-bond donors (Lipinski definition) is 1. The van der Waals surface area contributed by atoms with E-state index in [-0.39, 0.29) is 5.91 Å². The molecule has 0 saturated heterocycles. The number of nitrogens with zero attached hydrogens (tertiary/aromatic N) is 2. The number of aromatic nitrogens is 1. The first-order valence-electron chi connectivity index (χ1n) is 9.41. The van der Waals surface area contributed by atoms with Crippen molar-refractivity contribution in [1.82, 2.24) is 4.98 Å². The van der Waals surface area contributed by atoms with Gasteiger partial charge in [-0.25, -0.2) is 4.98 Å². The number of rotatable bonds is 4. The van der Waals surface area contributed by atoms with Crippen LogP contribution in [0, 0.1) is 0 Å². The Morgan fingerprint density at radius 3 is 2.52 bits per heavy atom. The molecule has 3 aromatic rings. The quantitative estimate of drug-likeness (QED) is 0.750. The van der Waals surface area contributed by atoms with Crippen LogP contribution in [0.25, 0.3) is 0 Å². The molecule has 4 nitrogen and oxygen atoms in total. The van der Waals surface area contributed by atoms with E-state index in [0.717, 1.165) is 37.3 Å². The molecule has 4 rings (SSSR count). The lowest BCUT2D eigenvalue weighted by atomic mass is 10.00. The minimum atomic E-state index is -0.185. The Labute approximate surface area is 159 Å². The summed E-state index contributed by atoms with van der Waals surface area (Å²) in [6.07, 6.45) is 3.81. The highest BCUT2D eigenvalue weighted by Crippen LogP contribution is 2.24. The summed E-state index contributed by atoms with van der Waals surface area (Å²) in [6, 6.07) is 20.3. The third-order valence-corrected chi connectivity index (χ3v) is 5.10. The molecule has 1 N–H and O–H groups in total. The molecule has 0 radical (unpaired) electrons. The number of pyridine rings is 1. The number of fused-ring (bicyclic) bond motifs is 1. The smallest absolute Gasteiger partial charge is 0.274 e. The van der Waals surface area contributed by atoms with Crippen molar-refractivity contribution < 1.29 is 4.79 Å². The summed E-state index contributed by atoms with van der Waals surface area (Å²) in [5.74, 6) is -0.185. The fourth-order valence-corrected chi connectivity index (χ4v) is 3.44. The number of amides is 1. The normalized spacial score (nSPS) is 13.1. The Bertz CT molecular complexity index is 933. The number of anilines is 2. The Morgan fingerprint density at radius 2 is 1.81 bits per heavy atom. The second-order valence-corrected chi connectivity index (χ2v) is 6.85. The standard InChI is InChI=1S/C23H23N3O/c1-2-17-7-9-20(10-8-17)25-23(27)22-12-11-21(15-24-22)26-14-13-18-5-3-4-6-19(18)16-26/h3-12,15H,2,13-14,16H2,1H3,(H,25,27). The van der Waals surface area contributed by atoms with Crippen LogP contribution < -0.4 is 10.2 Å². The van der Waals surface area contributed by atoms with E-state index in [0.29, 0.717) is 5.69 Å². The third kappa shape index (κ3) is 3.85. The van der Waals surface area contributed by atoms with Crippen molar-refractivity contribution in [1.29, 1.82) is 0 Å². The van der Waals surface area contributed by atoms with Gasteiger partial charge in [-0.2, -0.15) is 0 Å². The summed E-state index contributed by atoms with van der Waals surface area (Å²) >= 11 is 0. The van der Waals surface area contributed by atoms with Crippen LogP contribution in [0.5, 0.6) is 0 Å². The Kier molecular flexibility index (Phi) is 4.88. The molecule has 0 aliphatic carbocycles. The molecule has 1 aliphatic rings. The van der Waals surface area contributed by atoms with Crippen molar-refractivity contribution >= 4 is 17.3 Å². The Hall–Kier alpha value is -3.14. The summed E-state index contributed by atoms with van der Waals surface area (Å²) in [4.78, 5) is 19.1. The lowest BCUT2D eigenvalue weighted by Crippen LogP contribution is -2.30. The highest BCUT2D eigenvalue weighted by atomic mass is 16.1. The van der Waals surface area contributed by atoms with E-state index in [1.165, 1.54) is 16.7 Å². The van der Waals surface area contributed by atoms with Crippen LogP contribution in [0.1, 0.15) is 34.1 Å². The second-order valence-electron chi connectivity index (χ2n) is 6.85. The maximum absolute atomic E-state index is 12.4. The summed E-state index contributed by atoms with van der Waals surface area (Å²) in [7, 11) is 0. The minimum absolute atomic E-state index is 0.185. The number of carbonyl (C=O) groups is 1. The fraction of sp³-hybridized carbons (Fsp3) is 0.217. The zero-order valence-electron chi connectivity index (χ0n) is 15.5. The summed E-state index contributed by atoms with van der Waals surface area (Å²) in [5.41, 5.74) is 6.30. The molecular weight excluding hydrogens is 334 g/mol. The van der Waals surface area contributed by atoms with Crippen molar-refractivity contribution in [3.05, 3.63) is 89.2 Å². The van der Waals surface area contributed by atoms with Crippen LogP contribution >= 0.6 is 0 Å². The van der Waals surface area contributed by atoms with Gasteiger partial charge < -0.3 is 10.2 Å². The molecule has 2 heterocycles. The summed E-state index contributed by atoms with van der Waals surface area (Å²) in [6.45, 7) is 3.96. The van der Waals surface area contributed by atoms with Gasteiger partial charge in [-0.1, -0.05) is 43.3 Å². The van der Waals surface area contributed by atoms with Gasteiger partial charge in [0, 0.05) is 18.8 Å². The molecule has 1 aliphatic heterocycles. The molecule has 0 atom stereocenters. The van der Waals surface area contributed by atoms with Gasteiger partial charge in [0.1, 0.15) is 5.69 Å². The zero-order valence-corrected chi connectivity index (χ0v) is 15.5. The van der Waals surface area contributed by atoms with Gasteiger partial charge in [0.05, 0.1) is 11.9 Å². The molecule has 1 amide bonds. The molecule has 0 spiro atoms. The van der Waals surface area contributed by atoms with Gasteiger partial charge >= 0.3 is 0 Å². The van der Waals surface area contributed by atoms with E-state index in [1.54, 1.807) is 12.3 Å². The van der Waals surface area contributed by atoms with Crippen LogP contribution in [0.15, 0.2) is 66.9 Å². The molecule has 136 valence electrons. The Balaban J connectivity index is 1.43. The number of nitrogens with one attached hydrogen (secondary N) is 1. The van der Waals surface area contributed by atoms with Gasteiger partial charge in [0.15, 0.2) is 0 Å². The molecule has 1 aromatic heterocycles. The van der Waals surface area contributed by atoms with E-state index in [1.807, 2.05) is 30.3 Å². The maximum Gasteiger partial charge on any atom is 0.274 e. The van der Waals surface area contributed by atoms with Gasteiger partial charge in [0.2, 0.25) is 0 Å². The predicted octanol–water partition coefficient (Wildman–Crippen LogP) is 4.46. The van der Waals surface area contributed by atoms with Gasteiger partial charge in [-0.3, -0.25) is 4.79 Å². The molecule has 0 bridgehead atoms. The van der Waals surface area contributed by atoms with Crippen molar-refractivity contribution in [2.45, 2.75) is 26.3 Å². The second kappa shape index (κ2) is 7.62. The lowest BCUT2D eigenvalue weighted by Gasteiger charge is -2.30. The van der Waals surface area contributed by atoms with Crippen LogP contribution in [0.3, 0.4) is 0 Å². The first-order valence-corrected chi connectivity index (χ1v) is 9.41. The van der Waals surface area contributed by atoms with Crippen molar-refractivity contribution in [2.75, 3.05) is 16.8 Å². The van der Waals surface area contributed by atoms with Crippen LogP contribution in [0.2, 0.25) is 0 Å². The molecule has 0 saturated carbocycles. The number of aryl methyl sites for hydroxylation is 1. The minimum Gasteiger partial charge on any atom is -0.366 e. The highest BCUT2D eigenvalue weighted by molar-refractivity contribution is 6.02. The molecular formula is C23H23N3O. The van der Waals surface area contributed by atoms with E-state index >= 15 is 0 Å². The lowest BCUT2D eigenvalue weighted by molar-refractivity contribution is 0.102. The number of hydrogen-bond acceptors (Lipinski definition) is 3. The average molecular weight is 357 g/mol. The summed E-state index contributed by atoms with van der Waals surface area (Å²) in [5, 5.41) is 2.91. The van der Waals surface area contributed by atoms with Crippen molar-refractivity contribution in [2.24, 2.45) is 0 Å². The van der Waals surface area contributed by atoms with Gasteiger partial charge in [-0.15, -0.1) is 0 Å². The maximum atomic E-state index is 12.4. The molecule has 4 heteroatoms. The molecule has 0 fully saturated rings. The van der Waals surface area contributed by atoms with Gasteiger partial charge in [0.25, 0.3) is 5.91 Å². The van der Waals surface area contributed by atoms with Crippen molar-refractivity contribution in [3.63, 3.8) is 0 Å². The van der Waals surface area contributed by atoms with E-state index in [4.69, 9.17) is 0 Å². The fourth-order valence-electron chi connectivity index (χ4n) is 3.44. The summed E-state index contributed by atoms with van der Waals surface area (Å²) < 4.78 is 0. The van der Waals surface area contributed by atoms with Gasteiger partial charge in [-0.05, 0) is 53.8 Å². The monoisotopic (exact) mass is 357 g/mol. The largest absolute Gasteiger partial charge is 0.366 e. The first kappa shape index (κ1) is 17.3. The Morgan fingerprint density at radius 1 is 1.04 bits per heavy atom. The van der Waals surface area contributed by atoms with E-state index in [9.17, 15) is 4.79 Å². The van der Waals surface area contributed by atoms with E-state index < -0.39 is 0 Å². The molecule has 0 unspecified atom stereocenters. The van der Waals surface area contributed by atoms with Crippen molar-refractivity contribution in [3.8, 4) is 0 Å². The zero-order chi connectivity index (χ0) is 18.6. The van der Waals surface area contributed by atoms with Crippen LogP contribution in [-0.4, -0.2) is 17.4 Å². The molecule has 27 heavy (non-hydrogen) atoms. The third-order valence-electron chi connectivity index (χ3n) is 5.10. The van der Waals surface area contributed by atoms with E-state index in [2.05, 4.69) is 46.4 Å². The average Bonchev–Trinajstić information content (AvgIpc) is 2.74.